The lowest BCUT2D eigenvalue weighted by Gasteiger charge is -2.17. The number of rotatable bonds is 3. The fourth-order valence-electron chi connectivity index (χ4n) is 2.47. The van der Waals surface area contributed by atoms with Gasteiger partial charge >= 0.3 is 6.09 Å². The molecule has 0 bridgehead atoms. The van der Waals surface area contributed by atoms with Gasteiger partial charge in [0, 0.05) is 24.5 Å². The van der Waals surface area contributed by atoms with Crippen molar-refractivity contribution in [2.24, 2.45) is 0 Å². The quantitative estimate of drug-likeness (QED) is 0.928. The van der Waals surface area contributed by atoms with Crippen LogP contribution in [0.15, 0.2) is 54.6 Å². The van der Waals surface area contributed by atoms with E-state index in [4.69, 9.17) is 4.74 Å². The van der Waals surface area contributed by atoms with E-state index in [1.54, 1.807) is 12.1 Å². The number of nitrogens with one attached hydrogen (secondary N) is 1. The fourth-order valence-corrected chi connectivity index (χ4v) is 2.47. The SMILES string of the molecule is O=C(Nc1ccc(N2CCCC2)cc1)Oc1ccccc1. The van der Waals surface area contributed by atoms with Gasteiger partial charge in [-0.3, -0.25) is 5.32 Å². The van der Waals surface area contributed by atoms with Gasteiger partial charge in [-0.25, -0.2) is 4.79 Å². The normalized spacial score (nSPS) is 14.0. The molecule has 0 unspecified atom stereocenters. The molecule has 0 radical (unpaired) electrons. The van der Waals surface area contributed by atoms with Crippen LogP contribution in [0, 0.1) is 0 Å². The second-order valence-electron chi connectivity index (χ2n) is 5.07. The van der Waals surface area contributed by atoms with E-state index in [2.05, 4.69) is 10.2 Å². The van der Waals surface area contributed by atoms with Crippen molar-refractivity contribution < 1.29 is 9.53 Å². The lowest BCUT2D eigenvalue weighted by Crippen LogP contribution is -2.18. The van der Waals surface area contributed by atoms with Crippen LogP contribution in [-0.4, -0.2) is 19.2 Å². The van der Waals surface area contributed by atoms with Crippen molar-refractivity contribution in [2.75, 3.05) is 23.3 Å². The Kier molecular flexibility index (Phi) is 4.05. The van der Waals surface area contributed by atoms with Crippen molar-refractivity contribution in [1.82, 2.24) is 0 Å². The van der Waals surface area contributed by atoms with E-state index in [0.717, 1.165) is 18.8 Å². The van der Waals surface area contributed by atoms with Crippen LogP contribution in [-0.2, 0) is 0 Å². The first kappa shape index (κ1) is 13.5. The summed E-state index contributed by atoms with van der Waals surface area (Å²) in [6, 6.07) is 16.9. The third kappa shape index (κ3) is 3.54. The lowest BCUT2D eigenvalue weighted by molar-refractivity contribution is 0.215. The highest BCUT2D eigenvalue weighted by Gasteiger charge is 2.12. The molecule has 21 heavy (non-hydrogen) atoms. The second kappa shape index (κ2) is 6.31. The number of carbonyl (C=O) groups is 1. The Morgan fingerprint density at radius 1 is 0.952 bits per heavy atom. The molecule has 0 aliphatic carbocycles. The van der Waals surface area contributed by atoms with E-state index < -0.39 is 6.09 Å². The maximum atomic E-state index is 11.8. The molecule has 0 aromatic heterocycles. The minimum Gasteiger partial charge on any atom is -0.410 e. The summed E-state index contributed by atoms with van der Waals surface area (Å²) >= 11 is 0. The van der Waals surface area contributed by atoms with E-state index >= 15 is 0 Å². The van der Waals surface area contributed by atoms with E-state index in [0.29, 0.717) is 5.75 Å². The Hall–Kier alpha value is -2.49. The number of ether oxygens (including phenoxy) is 1. The molecule has 2 aromatic carbocycles. The Morgan fingerprint density at radius 3 is 2.29 bits per heavy atom. The Bertz CT molecular complexity index is 590. The molecule has 1 N–H and O–H groups in total. The lowest BCUT2D eigenvalue weighted by atomic mass is 10.2. The highest BCUT2D eigenvalue weighted by molar-refractivity contribution is 5.86. The average molecular weight is 282 g/mol. The van der Waals surface area contributed by atoms with Crippen LogP contribution >= 0.6 is 0 Å². The van der Waals surface area contributed by atoms with Crippen LogP contribution in [0.4, 0.5) is 16.2 Å². The van der Waals surface area contributed by atoms with Crippen molar-refractivity contribution in [1.29, 1.82) is 0 Å². The molecule has 0 spiro atoms. The number of anilines is 2. The van der Waals surface area contributed by atoms with Gasteiger partial charge in [-0.1, -0.05) is 18.2 Å². The third-order valence-corrected chi connectivity index (χ3v) is 3.54. The smallest absolute Gasteiger partial charge is 0.410 e. The van der Waals surface area contributed by atoms with Gasteiger partial charge in [0.05, 0.1) is 0 Å². The van der Waals surface area contributed by atoms with E-state index in [9.17, 15) is 4.79 Å². The summed E-state index contributed by atoms with van der Waals surface area (Å²) in [6.45, 7) is 2.23. The van der Waals surface area contributed by atoms with Crippen LogP contribution in [0.25, 0.3) is 0 Å². The van der Waals surface area contributed by atoms with Crippen molar-refractivity contribution in [3.8, 4) is 5.75 Å². The van der Waals surface area contributed by atoms with Crippen LogP contribution in [0.3, 0.4) is 0 Å². The molecule has 1 fully saturated rings. The zero-order chi connectivity index (χ0) is 14.5. The summed E-state index contributed by atoms with van der Waals surface area (Å²) in [4.78, 5) is 14.1. The minimum atomic E-state index is -0.477. The summed E-state index contributed by atoms with van der Waals surface area (Å²) in [5.41, 5.74) is 1.94. The Balaban J connectivity index is 1.58. The Morgan fingerprint density at radius 2 is 1.62 bits per heavy atom. The molecule has 0 saturated carbocycles. The Labute approximate surface area is 124 Å². The van der Waals surface area contributed by atoms with Gasteiger partial charge in [0.15, 0.2) is 0 Å². The molecule has 4 heteroatoms. The molecule has 1 aliphatic heterocycles. The molecule has 108 valence electrons. The van der Waals surface area contributed by atoms with Gasteiger partial charge < -0.3 is 9.64 Å². The minimum absolute atomic E-state index is 0.477. The number of nitrogens with zero attached hydrogens (tertiary/aromatic N) is 1. The predicted octanol–water partition coefficient (Wildman–Crippen LogP) is 3.90. The van der Waals surface area contributed by atoms with Gasteiger partial charge in [-0.05, 0) is 49.2 Å². The fraction of sp³-hybridized carbons (Fsp3) is 0.235. The molecule has 1 saturated heterocycles. The van der Waals surface area contributed by atoms with Crippen molar-refractivity contribution in [2.45, 2.75) is 12.8 Å². The van der Waals surface area contributed by atoms with E-state index in [-0.39, 0.29) is 0 Å². The summed E-state index contributed by atoms with van der Waals surface area (Å²) < 4.78 is 5.19. The summed E-state index contributed by atoms with van der Waals surface area (Å²) in [5.74, 6) is 0.531. The molecule has 3 rings (SSSR count). The molecule has 0 atom stereocenters. The number of hydrogen-bond acceptors (Lipinski definition) is 3. The van der Waals surface area contributed by atoms with Gasteiger partial charge in [0.2, 0.25) is 0 Å². The highest BCUT2D eigenvalue weighted by atomic mass is 16.6. The zero-order valence-electron chi connectivity index (χ0n) is 11.8. The molecule has 1 heterocycles. The number of carbonyl (C=O) groups excluding carboxylic acids is 1. The summed E-state index contributed by atoms with van der Waals surface area (Å²) in [6.07, 6.45) is 2.03. The number of amides is 1. The molecular weight excluding hydrogens is 264 g/mol. The number of benzene rings is 2. The highest BCUT2D eigenvalue weighted by Crippen LogP contribution is 2.22. The maximum absolute atomic E-state index is 11.8. The number of hydrogen-bond donors (Lipinski definition) is 1. The first-order valence-corrected chi connectivity index (χ1v) is 7.20. The molecule has 2 aromatic rings. The van der Waals surface area contributed by atoms with Gasteiger partial charge in [0.25, 0.3) is 0 Å². The largest absolute Gasteiger partial charge is 0.417 e. The summed E-state index contributed by atoms with van der Waals surface area (Å²) in [7, 11) is 0. The van der Waals surface area contributed by atoms with Crippen molar-refractivity contribution in [3.05, 3.63) is 54.6 Å². The second-order valence-corrected chi connectivity index (χ2v) is 5.07. The maximum Gasteiger partial charge on any atom is 0.417 e. The third-order valence-electron chi connectivity index (χ3n) is 3.54. The van der Waals surface area contributed by atoms with Crippen LogP contribution in [0.5, 0.6) is 5.75 Å². The molecule has 1 amide bonds. The molecule has 1 aliphatic rings. The van der Waals surface area contributed by atoms with Gasteiger partial charge in [-0.15, -0.1) is 0 Å². The van der Waals surface area contributed by atoms with Crippen LogP contribution in [0.1, 0.15) is 12.8 Å². The van der Waals surface area contributed by atoms with Crippen LogP contribution < -0.4 is 15.0 Å². The average Bonchev–Trinajstić information content (AvgIpc) is 3.03. The van der Waals surface area contributed by atoms with Gasteiger partial charge in [-0.2, -0.15) is 0 Å². The van der Waals surface area contributed by atoms with Crippen molar-refractivity contribution >= 4 is 17.5 Å². The van der Waals surface area contributed by atoms with Crippen LogP contribution in [0.2, 0.25) is 0 Å². The standard InChI is InChI=1S/C17H18N2O2/c20-17(21-16-6-2-1-3-7-16)18-14-8-10-15(11-9-14)19-12-4-5-13-19/h1-3,6-11H,4-5,12-13H2,(H,18,20). The monoisotopic (exact) mass is 282 g/mol. The zero-order valence-corrected chi connectivity index (χ0v) is 11.8. The van der Waals surface area contributed by atoms with E-state index in [1.807, 2.05) is 42.5 Å². The number of para-hydroxylation sites is 1. The predicted molar refractivity (Wildman–Crippen MR) is 84.0 cm³/mol. The first-order valence-electron chi connectivity index (χ1n) is 7.20. The van der Waals surface area contributed by atoms with Crippen molar-refractivity contribution in [3.63, 3.8) is 0 Å². The summed E-state index contributed by atoms with van der Waals surface area (Å²) in [5, 5.41) is 2.73. The topological polar surface area (TPSA) is 41.6 Å². The van der Waals surface area contributed by atoms with E-state index in [1.165, 1.54) is 18.5 Å². The van der Waals surface area contributed by atoms with Gasteiger partial charge in [0.1, 0.15) is 5.75 Å². The molecule has 4 nitrogen and oxygen atoms in total. The first-order chi connectivity index (χ1) is 10.3. The molecular formula is C17H18N2O2.